The van der Waals surface area contributed by atoms with Gasteiger partial charge in [-0.1, -0.05) is 50.2 Å². The molecule has 7 heteroatoms. The molecule has 3 aromatic rings. The number of nitrogens with one attached hydrogen (secondary N) is 2. The van der Waals surface area contributed by atoms with E-state index in [9.17, 15) is 14.4 Å². The zero-order valence-electron chi connectivity index (χ0n) is 14.9. The second-order valence-corrected chi connectivity index (χ2v) is 6.37. The highest BCUT2D eigenvalue weighted by Gasteiger charge is 2.28. The van der Waals surface area contributed by atoms with Crippen LogP contribution in [0.3, 0.4) is 0 Å². The number of carbonyl (C=O) groups is 2. The predicted octanol–water partition coefficient (Wildman–Crippen LogP) is 2.74. The Morgan fingerprint density at radius 3 is 2.30 bits per heavy atom. The summed E-state index contributed by atoms with van der Waals surface area (Å²) in [6.07, 6.45) is -1.01. The number of amides is 1. The Hall–Kier alpha value is -3.48. The second kappa shape index (κ2) is 7.82. The van der Waals surface area contributed by atoms with E-state index in [2.05, 4.69) is 15.5 Å². The van der Waals surface area contributed by atoms with Gasteiger partial charge in [-0.05, 0) is 24.1 Å². The molecular formula is C20H19N3O4. The minimum absolute atomic E-state index is 0.0386. The molecule has 0 bridgehead atoms. The van der Waals surface area contributed by atoms with Crippen molar-refractivity contribution in [3.63, 3.8) is 0 Å². The minimum Gasteiger partial charge on any atom is -0.447 e. The highest BCUT2D eigenvalue weighted by molar-refractivity contribution is 6.03. The van der Waals surface area contributed by atoms with E-state index in [-0.39, 0.29) is 11.6 Å². The Morgan fingerprint density at radius 1 is 1.00 bits per heavy atom. The molecule has 7 nitrogen and oxygen atoms in total. The van der Waals surface area contributed by atoms with Gasteiger partial charge in [0.1, 0.15) is 0 Å². The molecule has 1 atom stereocenters. The van der Waals surface area contributed by atoms with Crippen LogP contribution in [0.15, 0.2) is 59.4 Å². The van der Waals surface area contributed by atoms with Crippen molar-refractivity contribution >= 4 is 28.3 Å². The summed E-state index contributed by atoms with van der Waals surface area (Å²) in [5.41, 5.74) is 0.171. The molecule has 0 aliphatic rings. The average molecular weight is 365 g/mol. The van der Waals surface area contributed by atoms with Crippen LogP contribution in [0.25, 0.3) is 10.8 Å². The Bertz CT molecular complexity index is 1030. The Kier molecular flexibility index (Phi) is 5.30. The number of H-pyrrole nitrogens is 1. The predicted molar refractivity (Wildman–Crippen MR) is 101 cm³/mol. The molecular weight excluding hydrogens is 346 g/mol. The lowest BCUT2D eigenvalue weighted by Crippen LogP contribution is -2.37. The number of aromatic nitrogens is 2. The Morgan fingerprint density at radius 2 is 1.63 bits per heavy atom. The standard InChI is InChI=1S/C20H19N3O4/c1-12(2)17(19(25)21-13-8-4-3-5-9-13)27-20(26)16-14-10-6-7-11-15(14)18(24)23-22-16/h3-12,17H,1-2H3,(H,21,25)(H,23,24)/t17-/m1/s1. The molecule has 0 spiro atoms. The van der Waals surface area contributed by atoms with Gasteiger partial charge in [0.05, 0.1) is 5.39 Å². The van der Waals surface area contributed by atoms with Crippen molar-refractivity contribution in [1.82, 2.24) is 10.2 Å². The number of ether oxygens (including phenoxy) is 1. The quantitative estimate of drug-likeness (QED) is 0.677. The number of fused-ring (bicyclic) bond motifs is 1. The first-order valence-corrected chi connectivity index (χ1v) is 8.51. The number of aromatic amines is 1. The van der Waals surface area contributed by atoms with E-state index in [0.29, 0.717) is 16.5 Å². The lowest BCUT2D eigenvalue weighted by atomic mass is 10.1. The average Bonchev–Trinajstić information content (AvgIpc) is 2.67. The van der Waals surface area contributed by atoms with Crippen molar-refractivity contribution in [2.45, 2.75) is 20.0 Å². The lowest BCUT2D eigenvalue weighted by molar-refractivity contribution is -0.126. The van der Waals surface area contributed by atoms with Gasteiger partial charge >= 0.3 is 5.97 Å². The minimum atomic E-state index is -1.01. The van der Waals surface area contributed by atoms with Crippen molar-refractivity contribution in [3.05, 3.63) is 70.6 Å². The molecule has 0 aliphatic heterocycles. The van der Waals surface area contributed by atoms with E-state index in [1.54, 1.807) is 62.4 Å². The zero-order valence-corrected chi connectivity index (χ0v) is 14.9. The first kappa shape index (κ1) is 18.3. The molecule has 0 aliphatic carbocycles. The number of carbonyl (C=O) groups excluding carboxylic acids is 2. The van der Waals surface area contributed by atoms with Crippen molar-refractivity contribution in [1.29, 1.82) is 0 Å². The maximum absolute atomic E-state index is 12.7. The van der Waals surface area contributed by atoms with E-state index < -0.39 is 23.5 Å². The molecule has 2 aromatic carbocycles. The fourth-order valence-corrected chi connectivity index (χ4v) is 2.67. The van der Waals surface area contributed by atoms with Gasteiger partial charge in [0.15, 0.2) is 11.8 Å². The van der Waals surface area contributed by atoms with Crippen molar-refractivity contribution in [2.75, 3.05) is 5.32 Å². The van der Waals surface area contributed by atoms with Crippen LogP contribution in [-0.2, 0) is 9.53 Å². The van der Waals surface area contributed by atoms with Crippen LogP contribution in [-0.4, -0.2) is 28.2 Å². The zero-order chi connectivity index (χ0) is 19.4. The summed E-state index contributed by atoms with van der Waals surface area (Å²) in [5, 5.41) is 9.54. The summed E-state index contributed by atoms with van der Waals surface area (Å²) in [7, 11) is 0. The van der Waals surface area contributed by atoms with Gasteiger partial charge in [-0.3, -0.25) is 9.59 Å². The van der Waals surface area contributed by atoms with Gasteiger partial charge in [-0.25, -0.2) is 9.89 Å². The van der Waals surface area contributed by atoms with Crippen molar-refractivity contribution in [3.8, 4) is 0 Å². The smallest absolute Gasteiger partial charge is 0.360 e. The Balaban J connectivity index is 1.85. The SMILES string of the molecule is CC(C)[C@@H](OC(=O)c1n[nH]c(=O)c2ccccc12)C(=O)Nc1ccccc1. The number of hydrogen-bond acceptors (Lipinski definition) is 5. The summed E-state index contributed by atoms with van der Waals surface area (Å²) in [4.78, 5) is 37.1. The normalized spacial score (nSPS) is 12.0. The van der Waals surface area contributed by atoms with E-state index in [1.165, 1.54) is 0 Å². The molecule has 0 unspecified atom stereocenters. The van der Waals surface area contributed by atoms with Gasteiger partial charge in [0.25, 0.3) is 11.5 Å². The van der Waals surface area contributed by atoms with Gasteiger partial charge in [0.2, 0.25) is 0 Å². The summed E-state index contributed by atoms with van der Waals surface area (Å²) in [6, 6.07) is 15.5. The maximum atomic E-state index is 12.7. The van der Waals surface area contributed by atoms with Crippen molar-refractivity contribution < 1.29 is 14.3 Å². The molecule has 27 heavy (non-hydrogen) atoms. The molecule has 1 heterocycles. The van der Waals surface area contributed by atoms with E-state index in [1.807, 2.05) is 6.07 Å². The molecule has 138 valence electrons. The van der Waals surface area contributed by atoms with Crippen LogP contribution in [0, 0.1) is 5.92 Å². The van der Waals surface area contributed by atoms with E-state index in [4.69, 9.17) is 4.74 Å². The number of nitrogens with zero attached hydrogens (tertiary/aromatic N) is 1. The van der Waals surface area contributed by atoms with Crippen LogP contribution in [0.4, 0.5) is 5.69 Å². The largest absolute Gasteiger partial charge is 0.447 e. The number of benzene rings is 2. The maximum Gasteiger partial charge on any atom is 0.360 e. The first-order valence-electron chi connectivity index (χ1n) is 8.51. The molecule has 0 saturated heterocycles. The van der Waals surface area contributed by atoms with Crippen molar-refractivity contribution in [2.24, 2.45) is 5.92 Å². The molecule has 1 aromatic heterocycles. The van der Waals surface area contributed by atoms with Gasteiger partial charge in [-0.2, -0.15) is 5.10 Å². The third-order valence-electron chi connectivity index (χ3n) is 4.03. The van der Waals surface area contributed by atoms with Crippen LogP contribution >= 0.6 is 0 Å². The Labute approximate surface area is 155 Å². The summed E-state index contributed by atoms with van der Waals surface area (Å²) in [5.74, 6) is -1.46. The number of para-hydroxylation sites is 1. The molecule has 0 fully saturated rings. The summed E-state index contributed by atoms with van der Waals surface area (Å²) in [6.45, 7) is 3.56. The molecule has 0 radical (unpaired) electrons. The third-order valence-corrected chi connectivity index (χ3v) is 4.03. The molecule has 0 saturated carbocycles. The first-order chi connectivity index (χ1) is 13.0. The number of anilines is 1. The third kappa shape index (κ3) is 4.03. The van der Waals surface area contributed by atoms with Crippen LogP contribution in [0.2, 0.25) is 0 Å². The fourth-order valence-electron chi connectivity index (χ4n) is 2.67. The summed E-state index contributed by atoms with van der Waals surface area (Å²) >= 11 is 0. The molecule has 1 amide bonds. The van der Waals surface area contributed by atoms with Gasteiger partial charge < -0.3 is 10.1 Å². The highest BCUT2D eigenvalue weighted by Crippen LogP contribution is 2.17. The lowest BCUT2D eigenvalue weighted by Gasteiger charge is -2.20. The molecule has 3 rings (SSSR count). The van der Waals surface area contributed by atoms with Crippen LogP contribution in [0.1, 0.15) is 24.3 Å². The van der Waals surface area contributed by atoms with Crippen LogP contribution < -0.4 is 10.9 Å². The summed E-state index contributed by atoms with van der Waals surface area (Å²) < 4.78 is 5.44. The number of rotatable bonds is 5. The highest BCUT2D eigenvalue weighted by atomic mass is 16.5. The fraction of sp³-hybridized carbons (Fsp3) is 0.200. The van der Waals surface area contributed by atoms with Gasteiger partial charge in [0, 0.05) is 11.1 Å². The topological polar surface area (TPSA) is 101 Å². The second-order valence-electron chi connectivity index (χ2n) is 6.37. The van der Waals surface area contributed by atoms with Gasteiger partial charge in [-0.15, -0.1) is 0 Å². The van der Waals surface area contributed by atoms with E-state index >= 15 is 0 Å². The van der Waals surface area contributed by atoms with E-state index in [0.717, 1.165) is 0 Å². The number of esters is 1. The van der Waals surface area contributed by atoms with Crippen LogP contribution in [0.5, 0.6) is 0 Å². The molecule has 2 N–H and O–H groups in total. The monoisotopic (exact) mass is 365 g/mol. The number of hydrogen-bond donors (Lipinski definition) is 2.